The van der Waals surface area contributed by atoms with E-state index in [0.29, 0.717) is 12.5 Å². The van der Waals surface area contributed by atoms with Gasteiger partial charge >= 0.3 is 0 Å². The van der Waals surface area contributed by atoms with Crippen LogP contribution in [0.5, 0.6) is 0 Å². The first-order valence-electron chi connectivity index (χ1n) is 4.57. The molecule has 5 nitrogen and oxygen atoms in total. The zero-order valence-corrected chi connectivity index (χ0v) is 8.18. The molecule has 0 atom stereocenters. The number of rotatable bonds is 3. The third-order valence-corrected chi connectivity index (χ3v) is 1.78. The molecule has 0 aliphatic heterocycles. The van der Waals surface area contributed by atoms with Gasteiger partial charge in [-0.25, -0.2) is 14.1 Å². The Hall–Kier alpha value is -1.98. The number of halogens is 1. The second kappa shape index (κ2) is 4.04. The third-order valence-electron chi connectivity index (χ3n) is 1.78. The van der Waals surface area contributed by atoms with Gasteiger partial charge in [-0.3, -0.25) is 0 Å². The van der Waals surface area contributed by atoms with Crippen LogP contribution in [0.3, 0.4) is 0 Å². The predicted octanol–water partition coefficient (Wildman–Crippen LogP) is 1.23. The summed E-state index contributed by atoms with van der Waals surface area (Å²) in [5, 5.41) is 6.81. The molecule has 0 spiro atoms. The Balaban J connectivity index is 2.41. The molecule has 0 fully saturated rings. The van der Waals surface area contributed by atoms with Crippen molar-refractivity contribution in [1.82, 2.24) is 19.7 Å². The fraction of sp³-hybridized carbons (Fsp3) is 0.222. The van der Waals surface area contributed by atoms with Crippen LogP contribution in [0.1, 0.15) is 6.92 Å². The van der Waals surface area contributed by atoms with Gasteiger partial charge in [0, 0.05) is 18.9 Å². The van der Waals surface area contributed by atoms with Gasteiger partial charge in [-0.15, -0.1) is 0 Å². The first-order valence-corrected chi connectivity index (χ1v) is 4.57. The second-order valence-electron chi connectivity index (χ2n) is 2.85. The number of hydrogen-bond acceptors (Lipinski definition) is 4. The molecule has 0 aliphatic carbocycles. The second-order valence-corrected chi connectivity index (χ2v) is 2.85. The molecule has 0 saturated heterocycles. The molecule has 2 aromatic rings. The Kier molecular flexibility index (Phi) is 2.57. The maximum absolute atomic E-state index is 13.4. The summed E-state index contributed by atoms with van der Waals surface area (Å²) >= 11 is 0. The largest absolute Gasteiger partial charge is 0.354 e. The minimum absolute atomic E-state index is 0.144. The number of aromatic nitrogens is 4. The topological polar surface area (TPSA) is 55.6 Å². The zero-order valence-electron chi connectivity index (χ0n) is 8.18. The smallest absolute Gasteiger partial charge is 0.224 e. The normalized spacial score (nSPS) is 10.3. The van der Waals surface area contributed by atoms with Gasteiger partial charge in [0.2, 0.25) is 5.95 Å². The van der Waals surface area contributed by atoms with Crippen LogP contribution in [0.25, 0.3) is 5.82 Å². The van der Waals surface area contributed by atoms with Crippen LogP contribution >= 0.6 is 0 Å². The fourth-order valence-corrected chi connectivity index (χ4v) is 1.16. The van der Waals surface area contributed by atoms with Crippen LogP contribution in [0.2, 0.25) is 0 Å². The van der Waals surface area contributed by atoms with Crippen molar-refractivity contribution in [1.29, 1.82) is 0 Å². The zero-order chi connectivity index (χ0) is 10.7. The Labute approximate surface area is 86.0 Å². The summed E-state index contributed by atoms with van der Waals surface area (Å²) in [6.45, 7) is 2.60. The Morgan fingerprint density at radius 2 is 2.40 bits per heavy atom. The SMILES string of the molecule is CCNc1ncc(F)c(-n2cccn2)n1. The van der Waals surface area contributed by atoms with Gasteiger partial charge in [0.05, 0.1) is 6.20 Å². The molecule has 15 heavy (non-hydrogen) atoms. The predicted molar refractivity (Wildman–Crippen MR) is 53.3 cm³/mol. The molecule has 2 rings (SSSR count). The third kappa shape index (κ3) is 1.93. The quantitative estimate of drug-likeness (QED) is 0.822. The van der Waals surface area contributed by atoms with Crippen molar-refractivity contribution in [2.75, 3.05) is 11.9 Å². The minimum atomic E-state index is -0.500. The molecule has 2 aromatic heterocycles. The molecule has 0 unspecified atom stereocenters. The molecule has 0 aromatic carbocycles. The van der Waals surface area contributed by atoms with E-state index in [0.717, 1.165) is 6.20 Å². The van der Waals surface area contributed by atoms with Crippen molar-refractivity contribution in [3.05, 3.63) is 30.5 Å². The molecule has 0 amide bonds. The van der Waals surface area contributed by atoms with Gasteiger partial charge < -0.3 is 5.32 Å². The maximum atomic E-state index is 13.4. The Morgan fingerprint density at radius 1 is 1.53 bits per heavy atom. The highest BCUT2D eigenvalue weighted by Gasteiger charge is 2.08. The highest BCUT2D eigenvalue weighted by molar-refractivity contribution is 5.32. The van der Waals surface area contributed by atoms with Crippen molar-refractivity contribution in [2.45, 2.75) is 6.92 Å². The van der Waals surface area contributed by atoms with E-state index < -0.39 is 5.82 Å². The highest BCUT2D eigenvalue weighted by atomic mass is 19.1. The van der Waals surface area contributed by atoms with Crippen LogP contribution in [0.4, 0.5) is 10.3 Å². The van der Waals surface area contributed by atoms with Crippen molar-refractivity contribution in [3.63, 3.8) is 0 Å². The Morgan fingerprint density at radius 3 is 3.07 bits per heavy atom. The Bertz CT molecular complexity index is 440. The molecule has 0 aliphatic rings. The van der Waals surface area contributed by atoms with Gasteiger partial charge in [-0.05, 0) is 13.0 Å². The van der Waals surface area contributed by atoms with E-state index >= 15 is 0 Å². The van der Waals surface area contributed by atoms with Crippen LogP contribution in [0.15, 0.2) is 24.7 Å². The maximum Gasteiger partial charge on any atom is 0.224 e. The van der Waals surface area contributed by atoms with E-state index in [9.17, 15) is 4.39 Å². The van der Waals surface area contributed by atoms with Crippen molar-refractivity contribution in [2.24, 2.45) is 0 Å². The number of hydrogen-bond donors (Lipinski definition) is 1. The molecule has 0 saturated carbocycles. The van der Waals surface area contributed by atoms with Crippen molar-refractivity contribution < 1.29 is 4.39 Å². The molecule has 2 heterocycles. The molecule has 1 N–H and O–H groups in total. The summed E-state index contributed by atoms with van der Waals surface area (Å²) in [6.07, 6.45) is 4.32. The van der Waals surface area contributed by atoms with Gasteiger partial charge in [-0.2, -0.15) is 10.1 Å². The summed E-state index contributed by atoms with van der Waals surface area (Å²) in [7, 11) is 0. The van der Waals surface area contributed by atoms with E-state index in [1.165, 1.54) is 4.68 Å². The summed E-state index contributed by atoms with van der Waals surface area (Å²) in [6, 6.07) is 1.70. The lowest BCUT2D eigenvalue weighted by atomic mass is 10.5. The molecule has 0 radical (unpaired) electrons. The lowest BCUT2D eigenvalue weighted by molar-refractivity contribution is 0.593. The van der Waals surface area contributed by atoms with Crippen molar-refractivity contribution >= 4 is 5.95 Å². The molecule has 78 valence electrons. The molecule has 6 heteroatoms. The summed E-state index contributed by atoms with van der Waals surface area (Å²) in [4.78, 5) is 7.81. The van der Waals surface area contributed by atoms with E-state index in [-0.39, 0.29) is 5.82 Å². The van der Waals surface area contributed by atoms with Crippen molar-refractivity contribution in [3.8, 4) is 5.82 Å². The first-order chi connectivity index (χ1) is 7.31. The monoisotopic (exact) mass is 207 g/mol. The lowest BCUT2D eigenvalue weighted by Gasteiger charge is -2.05. The summed E-state index contributed by atoms with van der Waals surface area (Å²) < 4.78 is 14.7. The van der Waals surface area contributed by atoms with Crippen LogP contribution in [-0.4, -0.2) is 26.3 Å². The van der Waals surface area contributed by atoms with Gasteiger partial charge in [-0.1, -0.05) is 0 Å². The fourth-order valence-electron chi connectivity index (χ4n) is 1.16. The van der Waals surface area contributed by atoms with Crippen LogP contribution in [-0.2, 0) is 0 Å². The lowest BCUT2D eigenvalue weighted by Crippen LogP contribution is -2.08. The molecular formula is C9H10FN5. The average molecular weight is 207 g/mol. The number of nitrogens with zero attached hydrogens (tertiary/aromatic N) is 4. The first kappa shape index (κ1) is 9.57. The molecular weight excluding hydrogens is 197 g/mol. The van der Waals surface area contributed by atoms with Crippen LogP contribution < -0.4 is 5.32 Å². The molecule has 0 bridgehead atoms. The average Bonchev–Trinajstić information content (AvgIpc) is 2.74. The summed E-state index contributed by atoms with van der Waals surface area (Å²) in [5.74, 6) is 0.0377. The van der Waals surface area contributed by atoms with E-state index in [4.69, 9.17) is 0 Å². The van der Waals surface area contributed by atoms with E-state index in [2.05, 4.69) is 20.4 Å². The summed E-state index contributed by atoms with van der Waals surface area (Å²) in [5.41, 5.74) is 0. The van der Waals surface area contributed by atoms with E-state index in [1.54, 1.807) is 18.5 Å². The van der Waals surface area contributed by atoms with Gasteiger partial charge in [0.1, 0.15) is 0 Å². The van der Waals surface area contributed by atoms with Gasteiger partial charge in [0.25, 0.3) is 0 Å². The van der Waals surface area contributed by atoms with Gasteiger partial charge in [0.15, 0.2) is 11.6 Å². The van der Waals surface area contributed by atoms with E-state index in [1.807, 2.05) is 6.92 Å². The number of nitrogens with one attached hydrogen (secondary N) is 1. The number of anilines is 1. The minimum Gasteiger partial charge on any atom is -0.354 e. The standard InChI is InChI=1S/C9H10FN5/c1-2-11-9-12-6-7(10)8(14-9)15-5-3-4-13-15/h3-6H,2H2,1H3,(H,11,12,14). The highest BCUT2D eigenvalue weighted by Crippen LogP contribution is 2.10. The van der Waals surface area contributed by atoms with Crippen LogP contribution in [0, 0.1) is 5.82 Å².